The van der Waals surface area contributed by atoms with Crippen LogP contribution in [0, 0.1) is 0 Å². The van der Waals surface area contributed by atoms with Gasteiger partial charge >= 0.3 is 35.8 Å². The van der Waals surface area contributed by atoms with E-state index in [-0.39, 0.29) is 0 Å². The largest absolute Gasteiger partial charge is 0.461 e. The monoisotopic (exact) mass is 672 g/mol. The topological polar surface area (TPSA) is 260 Å². The molecule has 18 heteroatoms. The molecule has 3 atom stereocenters. The summed E-state index contributed by atoms with van der Waals surface area (Å²) < 4.78 is 30.7. The second-order valence-corrected chi connectivity index (χ2v) is 10.2. The Kier molecular flexibility index (Phi) is 18.5. The highest BCUT2D eigenvalue weighted by Gasteiger charge is 2.47. The van der Waals surface area contributed by atoms with Crippen LogP contribution < -0.4 is 0 Å². The molecule has 0 aliphatic carbocycles. The fourth-order valence-electron chi connectivity index (χ4n) is 3.37. The third-order valence-corrected chi connectivity index (χ3v) is 5.04. The lowest BCUT2D eigenvalue weighted by molar-refractivity contribution is -0.240. The minimum Gasteiger partial charge on any atom is -0.461 e. The number of ketones is 6. The van der Waals surface area contributed by atoms with Crippen LogP contribution in [0.2, 0.25) is 0 Å². The maximum Gasteiger partial charge on any atom is 0.316 e. The molecule has 0 N–H and O–H groups in total. The Hall–Kier alpha value is -5.16. The zero-order valence-electron chi connectivity index (χ0n) is 26.6. The molecule has 0 heterocycles. The lowest BCUT2D eigenvalue weighted by Crippen LogP contribution is -2.54. The Morgan fingerprint density at radius 1 is 0.362 bits per heavy atom. The summed E-state index contributed by atoms with van der Waals surface area (Å²) in [5.74, 6) is -12.6. The number of rotatable bonds is 22. The predicted molar refractivity (Wildman–Crippen MR) is 148 cm³/mol. The molecule has 3 unspecified atom stereocenters. The average molecular weight is 673 g/mol. The summed E-state index contributed by atoms with van der Waals surface area (Å²) in [6, 6.07) is 0. The molecule has 0 aromatic rings. The summed E-state index contributed by atoms with van der Waals surface area (Å²) >= 11 is 0. The summed E-state index contributed by atoms with van der Waals surface area (Å²) in [6.45, 7) is 4.84. The van der Waals surface area contributed by atoms with Gasteiger partial charge in [0, 0.05) is 0 Å². The van der Waals surface area contributed by atoms with Gasteiger partial charge < -0.3 is 28.4 Å². The Bertz CT molecular complexity index is 1250. The van der Waals surface area contributed by atoms with E-state index >= 15 is 0 Å². The van der Waals surface area contributed by atoms with E-state index in [2.05, 4.69) is 0 Å². The molecule has 0 spiro atoms. The molecule has 0 fully saturated rings. The molecule has 0 rings (SSSR count). The molecule has 0 aromatic carbocycles. The van der Waals surface area contributed by atoms with Gasteiger partial charge in [-0.05, 0) is 41.5 Å². The van der Waals surface area contributed by atoms with E-state index in [4.69, 9.17) is 28.4 Å². The summed E-state index contributed by atoms with van der Waals surface area (Å²) in [6.07, 6.45) is -14.9. The van der Waals surface area contributed by atoms with Crippen molar-refractivity contribution in [2.45, 2.75) is 105 Å². The van der Waals surface area contributed by atoms with Crippen molar-refractivity contribution in [1.29, 1.82) is 0 Å². The zero-order chi connectivity index (χ0) is 36.4. The van der Waals surface area contributed by atoms with Crippen LogP contribution in [0.4, 0.5) is 0 Å². The molecule has 0 saturated heterocycles. The number of ether oxygens (including phenoxy) is 6. The van der Waals surface area contributed by atoms with Crippen molar-refractivity contribution < 1.29 is 86.0 Å². The predicted octanol–water partition coefficient (Wildman–Crippen LogP) is -0.448. The van der Waals surface area contributed by atoms with Crippen LogP contribution in [0.3, 0.4) is 0 Å². The molecule has 0 radical (unpaired) electrons. The maximum absolute atomic E-state index is 12.8. The van der Waals surface area contributed by atoms with E-state index in [1.165, 1.54) is 0 Å². The van der Waals surface area contributed by atoms with Gasteiger partial charge in [-0.3, -0.25) is 57.5 Å². The molecular weight excluding hydrogens is 636 g/mol. The van der Waals surface area contributed by atoms with Crippen molar-refractivity contribution in [3.63, 3.8) is 0 Å². The number of carbonyl (C=O) groups excluding carboxylic acids is 12. The molecule has 47 heavy (non-hydrogen) atoms. The summed E-state index contributed by atoms with van der Waals surface area (Å²) in [7, 11) is 0. The second-order valence-electron chi connectivity index (χ2n) is 10.2. The SMILES string of the molecule is CC(=O)CC(=O)OCC(OC(=O)CC(C)=O)C(OC(=O)CC(C)=O)C(OC(=O)CC(C)=O)C(OC(=O)CC(C)=O)OC(=O)CC(C)=O. The van der Waals surface area contributed by atoms with E-state index in [0.717, 1.165) is 41.5 Å². The highest BCUT2D eigenvalue weighted by atomic mass is 16.7. The van der Waals surface area contributed by atoms with Crippen LogP contribution >= 0.6 is 0 Å². The van der Waals surface area contributed by atoms with Crippen molar-refractivity contribution >= 4 is 70.5 Å². The van der Waals surface area contributed by atoms with Gasteiger partial charge in [0.05, 0.1) is 0 Å². The van der Waals surface area contributed by atoms with Gasteiger partial charge in [-0.1, -0.05) is 0 Å². The lowest BCUT2D eigenvalue weighted by Gasteiger charge is -2.35. The second kappa shape index (κ2) is 20.8. The molecule has 0 amide bonds. The van der Waals surface area contributed by atoms with Crippen molar-refractivity contribution in [1.82, 2.24) is 0 Å². The minimum absolute atomic E-state index is 0.657. The van der Waals surface area contributed by atoms with E-state index in [1.54, 1.807) is 0 Å². The fourth-order valence-corrected chi connectivity index (χ4v) is 3.37. The van der Waals surface area contributed by atoms with Crippen molar-refractivity contribution in [3.05, 3.63) is 0 Å². The summed E-state index contributed by atoms with van der Waals surface area (Å²) in [5, 5.41) is 0. The first kappa shape index (κ1) is 41.8. The van der Waals surface area contributed by atoms with Crippen LogP contribution in [0.15, 0.2) is 0 Å². The van der Waals surface area contributed by atoms with E-state index < -0.39 is 140 Å². The van der Waals surface area contributed by atoms with Gasteiger partial charge in [-0.2, -0.15) is 0 Å². The molecule has 0 aliphatic heterocycles. The average Bonchev–Trinajstić information content (AvgIpc) is 2.85. The van der Waals surface area contributed by atoms with Crippen LogP contribution in [0.1, 0.15) is 80.1 Å². The lowest BCUT2D eigenvalue weighted by atomic mass is 10.1. The molecule has 0 saturated carbocycles. The highest BCUT2D eigenvalue weighted by molar-refractivity contribution is 5.97. The standard InChI is InChI=1S/C29H36O18/c1-14(30)7-21(36)42-13-20(43-22(37)8-15(2)31)27(44-23(38)9-16(3)32)28(45-24(39)10-17(4)33)29(46-25(40)11-18(5)34)47-26(41)12-19(6)35/h20,27-29H,7-13H2,1-6H3. The van der Waals surface area contributed by atoms with Crippen LogP contribution in [0.25, 0.3) is 0 Å². The third-order valence-electron chi connectivity index (χ3n) is 5.04. The molecule has 18 nitrogen and oxygen atoms in total. The summed E-state index contributed by atoms with van der Waals surface area (Å²) in [4.78, 5) is 145. The molecule has 0 aliphatic rings. The molecule has 0 bridgehead atoms. The van der Waals surface area contributed by atoms with Crippen molar-refractivity contribution in [3.8, 4) is 0 Å². The van der Waals surface area contributed by atoms with Gasteiger partial charge in [-0.15, -0.1) is 0 Å². The number of esters is 6. The normalized spacial score (nSPS) is 12.3. The fraction of sp³-hybridized carbons (Fsp3) is 0.586. The quantitative estimate of drug-likeness (QED) is 0.0610. The van der Waals surface area contributed by atoms with E-state index in [1.807, 2.05) is 0 Å². The van der Waals surface area contributed by atoms with Crippen molar-refractivity contribution in [2.75, 3.05) is 6.61 Å². The maximum atomic E-state index is 12.8. The first-order chi connectivity index (χ1) is 21.7. The van der Waals surface area contributed by atoms with Crippen molar-refractivity contribution in [2.24, 2.45) is 0 Å². The smallest absolute Gasteiger partial charge is 0.316 e. The van der Waals surface area contributed by atoms with Gasteiger partial charge in [-0.25, -0.2) is 0 Å². The Balaban J connectivity index is 7.37. The Morgan fingerprint density at radius 3 is 0.979 bits per heavy atom. The Morgan fingerprint density at radius 2 is 0.638 bits per heavy atom. The Labute approximate surface area is 268 Å². The molecule has 0 aromatic heterocycles. The van der Waals surface area contributed by atoms with Gasteiger partial charge in [0.2, 0.25) is 6.10 Å². The van der Waals surface area contributed by atoms with Gasteiger partial charge in [0.1, 0.15) is 79.8 Å². The highest BCUT2D eigenvalue weighted by Crippen LogP contribution is 2.23. The van der Waals surface area contributed by atoms with Crippen LogP contribution in [-0.2, 0) is 86.0 Å². The van der Waals surface area contributed by atoms with E-state index in [0.29, 0.717) is 0 Å². The minimum atomic E-state index is -2.51. The molecule has 260 valence electrons. The summed E-state index contributed by atoms with van der Waals surface area (Å²) in [5.41, 5.74) is 0. The number of hydrogen-bond donors (Lipinski definition) is 0. The van der Waals surface area contributed by atoms with Gasteiger partial charge in [0.25, 0.3) is 6.29 Å². The number of hydrogen-bond acceptors (Lipinski definition) is 18. The first-order valence-corrected chi connectivity index (χ1v) is 13.8. The molecular formula is C29H36O18. The van der Waals surface area contributed by atoms with Crippen LogP contribution in [0.5, 0.6) is 0 Å². The number of carbonyl (C=O) groups is 12. The zero-order valence-corrected chi connectivity index (χ0v) is 26.6. The van der Waals surface area contributed by atoms with Gasteiger partial charge in [0.15, 0.2) is 12.2 Å². The number of Topliss-reactive ketones (excluding diaryl/α,β-unsaturated/α-hetero) is 6. The third kappa shape index (κ3) is 19.8. The first-order valence-electron chi connectivity index (χ1n) is 13.8. The van der Waals surface area contributed by atoms with E-state index in [9.17, 15) is 57.5 Å². The van der Waals surface area contributed by atoms with Crippen LogP contribution in [-0.4, -0.2) is 102 Å².